The molecule has 0 aliphatic rings. The van der Waals surface area contributed by atoms with Crippen LogP contribution in [-0.4, -0.2) is 40.3 Å². The molecule has 0 spiro atoms. The number of nitrogens with two attached hydrogens (primary N) is 1. The van der Waals surface area contributed by atoms with Crippen molar-refractivity contribution in [3.63, 3.8) is 0 Å². The van der Waals surface area contributed by atoms with Crippen LogP contribution in [0.1, 0.15) is 43.5 Å². The number of anilines is 2. The first-order chi connectivity index (χ1) is 11.6. The molecule has 0 fully saturated rings. The normalized spacial score (nSPS) is 12.1. The number of hydrogen-bond donors (Lipinski definition) is 3. The summed E-state index contributed by atoms with van der Waals surface area (Å²) in [6, 6.07) is 3.56. The number of aromatic nitrogens is 2. The lowest BCUT2D eigenvalue weighted by Crippen LogP contribution is -2.24. The number of fused-ring (bicyclic) bond motifs is 1. The van der Waals surface area contributed by atoms with Gasteiger partial charge in [-0.15, -0.1) is 0 Å². The molecule has 0 aromatic carbocycles. The van der Waals surface area contributed by atoms with E-state index in [1.165, 1.54) is 0 Å². The predicted molar refractivity (Wildman–Crippen MR) is 93.9 cm³/mol. The van der Waals surface area contributed by atoms with E-state index >= 15 is 0 Å². The lowest BCUT2D eigenvalue weighted by Gasteiger charge is -2.21. The molecule has 2 aromatic heterocycles. The van der Waals surface area contributed by atoms with E-state index in [0.717, 1.165) is 12.8 Å². The summed E-state index contributed by atoms with van der Waals surface area (Å²) in [5.74, 6) is -0.424. The molecule has 24 heavy (non-hydrogen) atoms. The van der Waals surface area contributed by atoms with Gasteiger partial charge in [-0.2, -0.15) is 0 Å². The van der Waals surface area contributed by atoms with Crippen LogP contribution < -0.4 is 11.1 Å². The van der Waals surface area contributed by atoms with Crippen LogP contribution >= 0.6 is 0 Å². The number of aliphatic hydroxyl groups is 1. The van der Waals surface area contributed by atoms with Crippen LogP contribution in [0.4, 0.5) is 11.5 Å². The number of esters is 1. The first-order valence-corrected chi connectivity index (χ1v) is 8.21. The van der Waals surface area contributed by atoms with Gasteiger partial charge in [0.1, 0.15) is 16.9 Å². The van der Waals surface area contributed by atoms with Crippen molar-refractivity contribution in [2.75, 3.05) is 24.3 Å². The van der Waals surface area contributed by atoms with E-state index in [9.17, 15) is 9.90 Å². The van der Waals surface area contributed by atoms with Gasteiger partial charge in [0.15, 0.2) is 0 Å². The lowest BCUT2D eigenvalue weighted by molar-refractivity contribution is 0.0528. The van der Waals surface area contributed by atoms with Crippen LogP contribution in [0.25, 0.3) is 11.0 Å². The molecule has 0 radical (unpaired) electrons. The monoisotopic (exact) mass is 332 g/mol. The summed E-state index contributed by atoms with van der Waals surface area (Å²) in [5, 5.41) is 12.6. The lowest BCUT2D eigenvalue weighted by atomic mass is 10.1. The maximum absolute atomic E-state index is 12.4. The van der Waals surface area contributed by atoms with E-state index in [-0.39, 0.29) is 30.6 Å². The summed E-state index contributed by atoms with van der Waals surface area (Å²) < 4.78 is 5.12. The van der Waals surface area contributed by atoms with E-state index in [1.54, 1.807) is 25.3 Å². The van der Waals surface area contributed by atoms with Crippen LogP contribution in [0.15, 0.2) is 18.3 Å². The Kier molecular flexibility index (Phi) is 6.31. The number of aliphatic hydroxyl groups excluding tert-OH is 1. The molecule has 130 valence electrons. The predicted octanol–water partition coefficient (Wildman–Crippen LogP) is 2.35. The van der Waals surface area contributed by atoms with E-state index in [0.29, 0.717) is 23.1 Å². The first kappa shape index (κ1) is 17.9. The van der Waals surface area contributed by atoms with Gasteiger partial charge in [0.25, 0.3) is 0 Å². The zero-order chi connectivity index (χ0) is 17.5. The second-order valence-corrected chi connectivity index (χ2v) is 5.48. The van der Waals surface area contributed by atoms with Crippen molar-refractivity contribution in [2.45, 2.75) is 39.2 Å². The minimum Gasteiger partial charge on any atom is -0.462 e. The molecule has 0 aliphatic carbocycles. The fourth-order valence-electron chi connectivity index (χ4n) is 2.66. The van der Waals surface area contributed by atoms with Crippen molar-refractivity contribution in [2.24, 2.45) is 0 Å². The van der Waals surface area contributed by atoms with Gasteiger partial charge in [0, 0.05) is 18.8 Å². The van der Waals surface area contributed by atoms with E-state index in [1.807, 2.05) is 0 Å². The molecule has 1 unspecified atom stereocenters. The van der Waals surface area contributed by atoms with Gasteiger partial charge >= 0.3 is 5.97 Å². The molecule has 2 heterocycles. The summed E-state index contributed by atoms with van der Waals surface area (Å²) in [5.41, 5.74) is 7.89. The number of nitrogens with zero attached hydrogens (tertiary/aromatic N) is 2. The summed E-state index contributed by atoms with van der Waals surface area (Å²) >= 11 is 0. The molecule has 2 rings (SSSR count). The van der Waals surface area contributed by atoms with Crippen LogP contribution in [0.2, 0.25) is 0 Å². The highest BCUT2D eigenvalue weighted by molar-refractivity contribution is 6.07. The fourth-order valence-corrected chi connectivity index (χ4v) is 2.66. The first-order valence-electron chi connectivity index (χ1n) is 8.21. The SMILES string of the molecule is CCCC(CCO)Nc1c(C(=O)OCC)c(N)nc2cccnc12. The Bertz CT molecular complexity index is 700. The second-order valence-electron chi connectivity index (χ2n) is 5.48. The highest BCUT2D eigenvalue weighted by Gasteiger charge is 2.23. The molecule has 4 N–H and O–H groups in total. The second kappa shape index (κ2) is 8.44. The number of ether oxygens (including phenoxy) is 1. The van der Waals surface area contributed by atoms with E-state index in [2.05, 4.69) is 22.2 Å². The molecule has 0 saturated heterocycles. The van der Waals surface area contributed by atoms with Gasteiger partial charge < -0.3 is 20.9 Å². The average Bonchev–Trinajstić information content (AvgIpc) is 2.55. The maximum Gasteiger partial charge on any atom is 0.344 e. The Hall–Kier alpha value is -2.41. The van der Waals surface area contributed by atoms with Crippen LogP contribution in [0.5, 0.6) is 0 Å². The van der Waals surface area contributed by atoms with E-state index < -0.39 is 5.97 Å². The van der Waals surface area contributed by atoms with Gasteiger partial charge in [-0.3, -0.25) is 4.98 Å². The Labute approximate surface area is 141 Å². The Morgan fingerprint density at radius 1 is 1.42 bits per heavy atom. The van der Waals surface area contributed by atoms with Crippen LogP contribution in [0, 0.1) is 0 Å². The Morgan fingerprint density at radius 2 is 2.21 bits per heavy atom. The van der Waals surface area contributed by atoms with Gasteiger partial charge in [0.05, 0.1) is 17.8 Å². The molecule has 2 aromatic rings. The van der Waals surface area contributed by atoms with Crippen LogP contribution in [-0.2, 0) is 4.74 Å². The van der Waals surface area contributed by atoms with Crippen molar-refractivity contribution in [1.29, 1.82) is 0 Å². The molecule has 1 atom stereocenters. The maximum atomic E-state index is 12.4. The summed E-state index contributed by atoms with van der Waals surface area (Å²) in [6.45, 7) is 4.10. The van der Waals surface area contributed by atoms with Gasteiger partial charge in [-0.25, -0.2) is 9.78 Å². The summed E-state index contributed by atoms with van der Waals surface area (Å²) in [4.78, 5) is 21.0. The molecular weight excluding hydrogens is 308 g/mol. The Morgan fingerprint density at radius 3 is 2.88 bits per heavy atom. The molecule has 0 aliphatic heterocycles. The van der Waals surface area contributed by atoms with Crippen molar-refractivity contribution < 1.29 is 14.6 Å². The average molecular weight is 332 g/mol. The number of nitrogens with one attached hydrogen (secondary N) is 1. The third kappa shape index (κ3) is 3.91. The highest BCUT2D eigenvalue weighted by atomic mass is 16.5. The minimum absolute atomic E-state index is 0.000169. The van der Waals surface area contributed by atoms with Gasteiger partial charge in [-0.1, -0.05) is 13.3 Å². The third-order valence-electron chi connectivity index (χ3n) is 3.71. The third-order valence-corrected chi connectivity index (χ3v) is 3.71. The van der Waals surface area contributed by atoms with Crippen molar-refractivity contribution in [1.82, 2.24) is 9.97 Å². The fraction of sp³-hybridized carbons (Fsp3) is 0.471. The van der Waals surface area contributed by atoms with Gasteiger partial charge in [-0.05, 0) is 31.9 Å². The molecule has 0 amide bonds. The Balaban J connectivity index is 2.57. The molecule has 0 saturated carbocycles. The molecular formula is C17H24N4O3. The summed E-state index contributed by atoms with van der Waals surface area (Å²) in [7, 11) is 0. The molecule has 7 heteroatoms. The van der Waals surface area contributed by atoms with Crippen LogP contribution in [0.3, 0.4) is 0 Å². The largest absolute Gasteiger partial charge is 0.462 e. The quantitative estimate of drug-likeness (QED) is 0.636. The van der Waals surface area contributed by atoms with Crippen molar-refractivity contribution in [3.05, 3.63) is 23.9 Å². The number of hydrogen-bond acceptors (Lipinski definition) is 7. The topological polar surface area (TPSA) is 110 Å². The smallest absolute Gasteiger partial charge is 0.344 e. The standard InChI is InChI=1S/C17H24N4O3/c1-3-6-11(8-10-22)20-15-13(17(23)24-4-2)16(18)21-12-7-5-9-19-14(12)15/h5,7,9,11,22H,3-4,6,8,10H2,1-2H3,(H3,18,20,21). The van der Waals surface area contributed by atoms with Crippen molar-refractivity contribution in [3.8, 4) is 0 Å². The summed E-state index contributed by atoms with van der Waals surface area (Å²) in [6.07, 6.45) is 3.99. The van der Waals surface area contributed by atoms with Gasteiger partial charge in [0.2, 0.25) is 0 Å². The number of carbonyl (C=O) groups excluding carboxylic acids is 1. The highest BCUT2D eigenvalue weighted by Crippen LogP contribution is 2.30. The number of carbonyl (C=O) groups is 1. The zero-order valence-corrected chi connectivity index (χ0v) is 14.1. The number of rotatable bonds is 8. The number of pyridine rings is 2. The minimum atomic E-state index is -0.531. The van der Waals surface area contributed by atoms with Crippen molar-refractivity contribution >= 4 is 28.5 Å². The molecule has 7 nitrogen and oxygen atoms in total. The number of nitrogen functional groups attached to an aromatic ring is 1. The van der Waals surface area contributed by atoms with E-state index in [4.69, 9.17) is 10.5 Å². The zero-order valence-electron chi connectivity index (χ0n) is 14.1. The molecule has 0 bridgehead atoms.